The minimum atomic E-state index is -0.549. The van der Waals surface area contributed by atoms with Crippen LogP contribution < -0.4 is 0 Å². The summed E-state index contributed by atoms with van der Waals surface area (Å²) in [7, 11) is 0. The second-order valence-electron chi connectivity index (χ2n) is 10.6. The van der Waals surface area contributed by atoms with E-state index < -0.39 is 5.54 Å². The summed E-state index contributed by atoms with van der Waals surface area (Å²) in [6, 6.07) is 32.1. The van der Waals surface area contributed by atoms with Gasteiger partial charge in [0.05, 0.1) is 24.0 Å². The van der Waals surface area contributed by atoms with Crippen molar-refractivity contribution in [3.63, 3.8) is 0 Å². The molecule has 0 bridgehead atoms. The number of ether oxygens (including phenoxy) is 1. The van der Waals surface area contributed by atoms with Gasteiger partial charge in [0.2, 0.25) is 0 Å². The molecule has 1 unspecified atom stereocenters. The van der Waals surface area contributed by atoms with Crippen molar-refractivity contribution >= 4 is 28.9 Å². The minimum Gasteiger partial charge on any atom is -0.466 e. The van der Waals surface area contributed by atoms with Gasteiger partial charge in [-0.15, -0.1) is 5.10 Å². The Labute approximate surface area is 257 Å². The van der Waals surface area contributed by atoms with Crippen LogP contribution in [-0.4, -0.2) is 55.9 Å². The Morgan fingerprint density at radius 3 is 2.07 bits per heavy atom. The first-order valence-electron chi connectivity index (χ1n) is 14.9. The molecule has 1 aliphatic rings. The number of thioether (sulfide) groups is 1. The first-order chi connectivity index (χ1) is 21.0. The van der Waals surface area contributed by atoms with Crippen molar-refractivity contribution in [3.8, 4) is 0 Å². The molecular weight excluding hydrogens is 556 g/mol. The molecule has 0 aliphatic carbocycles. The Balaban J connectivity index is 1.57. The highest BCUT2D eigenvalue weighted by molar-refractivity contribution is 8.14. The van der Waals surface area contributed by atoms with Crippen LogP contribution in [0.2, 0.25) is 0 Å². The van der Waals surface area contributed by atoms with Gasteiger partial charge in [0.15, 0.2) is 5.12 Å². The lowest BCUT2D eigenvalue weighted by molar-refractivity contribution is -0.143. The number of aryl methyl sites for hydroxylation is 1. The predicted molar refractivity (Wildman–Crippen MR) is 171 cm³/mol. The molecule has 5 rings (SSSR count). The summed E-state index contributed by atoms with van der Waals surface area (Å²) in [4.78, 5) is 26.8. The van der Waals surface area contributed by atoms with Crippen LogP contribution in [0.5, 0.6) is 0 Å². The molecule has 3 aromatic carbocycles. The summed E-state index contributed by atoms with van der Waals surface area (Å²) in [5.74, 6) is -0.206. The third-order valence-corrected chi connectivity index (χ3v) is 9.00. The number of esters is 1. The standard InChI is InChI=1S/C35H38N4O3S/c1-3-42-34(41)20-13-22-39-32(25-36-37-39)24-28-26-38(23-21-33(28)43-27(2)40)35(29-14-7-4-8-15-29,30-16-9-5-10-17-30)31-18-11-6-12-19-31/h4-12,14-19,24-25,33H,3,13,20-23,26H2,1-2H3/b28-24+. The summed E-state index contributed by atoms with van der Waals surface area (Å²) in [5, 5.41) is 8.63. The molecule has 43 heavy (non-hydrogen) atoms. The van der Waals surface area contributed by atoms with Crippen molar-refractivity contribution in [2.75, 3.05) is 19.7 Å². The molecule has 0 spiro atoms. The molecule has 1 atom stereocenters. The number of likely N-dealkylation sites (tertiary alicyclic amines) is 1. The van der Waals surface area contributed by atoms with Crippen LogP contribution in [0.4, 0.5) is 0 Å². The van der Waals surface area contributed by atoms with Crippen molar-refractivity contribution in [2.45, 2.75) is 50.4 Å². The summed E-state index contributed by atoms with van der Waals surface area (Å²) in [6.07, 6.45) is 5.64. The topological polar surface area (TPSA) is 77.3 Å². The van der Waals surface area contributed by atoms with E-state index >= 15 is 0 Å². The molecule has 1 saturated heterocycles. The Bertz CT molecular complexity index is 1430. The zero-order chi connectivity index (χ0) is 30.1. The SMILES string of the molecule is CCOC(=O)CCCn1nncc1/C=C1\CN(C(c2ccccc2)(c2ccccc2)c2ccccc2)CCC1SC(C)=O. The van der Waals surface area contributed by atoms with Crippen molar-refractivity contribution in [2.24, 2.45) is 0 Å². The molecule has 7 nitrogen and oxygen atoms in total. The molecule has 0 saturated carbocycles. The van der Waals surface area contributed by atoms with Crippen LogP contribution in [0.25, 0.3) is 6.08 Å². The van der Waals surface area contributed by atoms with Crippen LogP contribution in [0.1, 0.15) is 55.5 Å². The number of benzene rings is 3. The number of rotatable bonds is 11. The van der Waals surface area contributed by atoms with E-state index in [1.807, 2.05) is 11.6 Å². The Morgan fingerprint density at radius 2 is 1.53 bits per heavy atom. The average Bonchev–Trinajstić information content (AvgIpc) is 3.47. The van der Waals surface area contributed by atoms with E-state index in [0.29, 0.717) is 32.5 Å². The van der Waals surface area contributed by atoms with E-state index in [1.165, 1.54) is 28.5 Å². The molecule has 222 valence electrons. The monoisotopic (exact) mass is 594 g/mol. The highest BCUT2D eigenvalue weighted by Gasteiger charge is 2.44. The van der Waals surface area contributed by atoms with Gasteiger partial charge in [-0.2, -0.15) is 0 Å². The number of piperidine rings is 1. The summed E-state index contributed by atoms with van der Waals surface area (Å²) < 4.78 is 6.91. The van der Waals surface area contributed by atoms with Crippen molar-refractivity contribution in [1.82, 2.24) is 19.9 Å². The number of carbonyl (C=O) groups excluding carboxylic acids is 2. The first kappa shape index (κ1) is 30.4. The third kappa shape index (κ3) is 6.98. The fourth-order valence-corrected chi connectivity index (χ4v) is 6.97. The lowest BCUT2D eigenvalue weighted by atomic mass is 9.74. The Kier molecular flexibility index (Phi) is 10.2. The zero-order valence-corrected chi connectivity index (χ0v) is 25.6. The second kappa shape index (κ2) is 14.4. The summed E-state index contributed by atoms with van der Waals surface area (Å²) in [6.45, 7) is 5.83. The van der Waals surface area contributed by atoms with Gasteiger partial charge in [-0.25, -0.2) is 4.68 Å². The molecule has 0 amide bonds. The lowest BCUT2D eigenvalue weighted by Crippen LogP contribution is -2.52. The largest absolute Gasteiger partial charge is 0.466 e. The van der Waals surface area contributed by atoms with Crippen molar-refractivity contribution in [3.05, 3.63) is 125 Å². The fraction of sp³-hybridized carbons (Fsp3) is 0.314. The number of nitrogens with zero attached hydrogens (tertiary/aromatic N) is 4. The van der Waals surface area contributed by atoms with Crippen molar-refractivity contribution < 1.29 is 14.3 Å². The van der Waals surface area contributed by atoms with E-state index in [0.717, 1.165) is 24.2 Å². The van der Waals surface area contributed by atoms with E-state index in [-0.39, 0.29) is 16.3 Å². The molecule has 8 heteroatoms. The van der Waals surface area contributed by atoms with Gasteiger partial charge >= 0.3 is 5.97 Å². The Morgan fingerprint density at radius 1 is 0.953 bits per heavy atom. The molecule has 0 N–H and O–H groups in total. The van der Waals surface area contributed by atoms with Gasteiger partial charge in [0.1, 0.15) is 0 Å². The van der Waals surface area contributed by atoms with Crippen LogP contribution in [0.3, 0.4) is 0 Å². The van der Waals surface area contributed by atoms with Gasteiger partial charge in [0, 0.05) is 38.2 Å². The van der Waals surface area contributed by atoms with Gasteiger partial charge in [-0.1, -0.05) is 108 Å². The van der Waals surface area contributed by atoms with Gasteiger partial charge < -0.3 is 4.74 Å². The van der Waals surface area contributed by atoms with Crippen molar-refractivity contribution in [1.29, 1.82) is 0 Å². The molecule has 2 heterocycles. The number of hydrogen-bond acceptors (Lipinski definition) is 7. The summed E-state index contributed by atoms with van der Waals surface area (Å²) in [5.41, 5.74) is 5.03. The smallest absolute Gasteiger partial charge is 0.305 e. The van der Waals surface area contributed by atoms with E-state index in [1.54, 1.807) is 13.1 Å². The molecule has 0 radical (unpaired) electrons. The van der Waals surface area contributed by atoms with Gasteiger partial charge in [-0.05, 0) is 48.1 Å². The maximum absolute atomic E-state index is 12.4. The highest BCUT2D eigenvalue weighted by Crippen LogP contribution is 2.45. The normalized spacial score (nSPS) is 16.7. The van der Waals surface area contributed by atoms with Gasteiger partial charge in [0.25, 0.3) is 0 Å². The highest BCUT2D eigenvalue weighted by atomic mass is 32.2. The van der Waals surface area contributed by atoms with Crippen LogP contribution in [0.15, 0.2) is 103 Å². The van der Waals surface area contributed by atoms with E-state index in [9.17, 15) is 9.59 Å². The van der Waals surface area contributed by atoms with E-state index in [2.05, 4.69) is 112 Å². The second-order valence-corrected chi connectivity index (χ2v) is 12.0. The molecule has 1 fully saturated rings. The maximum Gasteiger partial charge on any atom is 0.305 e. The van der Waals surface area contributed by atoms with Crippen LogP contribution in [-0.2, 0) is 26.4 Å². The fourth-order valence-electron chi connectivity index (χ4n) is 6.05. The first-order valence-corrected chi connectivity index (χ1v) is 15.7. The molecular formula is C35H38N4O3S. The van der Waals surface area contributed by atoms with Crippen LogP contribution in [0, 0.1) is 0 Å². The quantitative estimate of drug-likeness (QED) is 0.148. The zero-order valence-electron chi connectivity index (χ0n) is 24.8. The summed E-state index contributed by atoms with van der Waals surface area (Å²) >= 11 is 1.39. The number of hydrogen-bond donors (Lipinski definition) is 0. The Hall–Kier alpha value is -4.01. The van der Waals surface area contributed by atoms with Gasteiger partial charge in [-0.3, -0.25) is 14.5 Å². The third-order valence-electron chi connectivity index (χ3n) is 7.84. The minimum absolute atomic E-state index is 0.0386. The number of carbonyl (C=O) groups is 2. The van der Waals surface area contributed by atoms with Crippen LogP contribution >= 0.6 is 11.8 Å². The predicted octanol–water partition coefficient (Wildman–Crippen LogP) is 6.35. The average molecular weight is 595 g/mol. The molecule has 4 aromatic rings. The number of aromatic nitrogens is 3. The lowest BCUT2D eigenvalue weighted by Gasteiger charge is -2.49. The van der Waals surface area contributed by atoms with E-state index in [4.69, 9.17) is 4.74 Å². The molecule has 1 aromatic heterocycles. The maximum atomic E-state index is 12.4. The molecule has 1 aliphatic heterocycles.